The molecule has 2 rings (SSSR count). The molecule has 0 aliphatic rings. The van der Waals surface area contributed by atoms with Crippen LogP contribution in [0.15, 0.2) is 59.5 Å². The molecule has 0 heterocycles. The first-order chi connectivity index (χ1) is 13.8. The maximum absolute atomic E-state index is 12.7. The van der Waals surface area contributed by atoms with Gasteiger partial charge in [0, 0.05) is 0 Å². The summed E-state index contributed by atoms with van der Waals surface area (Å²) < 4.78 is 46.5. The van der Waals surface area contributed by atoms with Crippen molar-refractivity contribution in [3.05, 3.63) is 65.7 Å². The highest BCUT2D eigenvalue weighted by molar-refractivity contribution is 7.86. The van der Waals surface area contributed by atoms with Crippen LogP contribution in [0.1, 0.15) is 24.5 Å². The minimum atomic E-state index is -4.07. The lowest BCUT2D eigenvalue weighted by molar-refractivity contribution is -0.165. The molecule has 0 aliphatic carbocycles. The molecular formula is C21H26O7S. The summed E-state index contributed by atoms with van der Waals surface area (Å²) in [6.07, 6.45) is -1.90. The Morgan fingerprint density at radius 1 is 1.00 bits per heavy atom. The summed E-state index contributed by atoms with van der Waals surface area (Å²) in [5, 5.41) is 0. The summed E-state index contributed by atoms with van der Waals surface area (Å²) in [5.74, 6) is -0.424. The second-order valence-electron chi connectivity index (χ2n) is 6.43. The zero-order valence-electron chi connectivity index (χ0n) is 16.7. The van der Waals surface area contributed by atoms with Crippen LogP contribution in [0.2, 0.25) is 0 Å². The highest BCUT2D eigenvalue weighted by Crippen LogP contribution is 2.19. The average Bonchev–Trinajstić information content (AvgIpc) is 2.71. The molecular weight excluding hydrogens is 396 g/mol. The summed E-state index contributed by atoms with van der Waals surface area (Å²) in [6.45, 7) is 3.67. The van der Waals surface area contributed by atoms with E-state index in [1.165, 1.54) is 19.2 Å². The van der Waals surface area contributed by atoms with Gasteiger partial charge in [0.2, 0.25) is 6.29 Å². The van der Waals surface area contributed by atoms with E-state index in [-0.39, 0.29) is 24.5 Å². The predicted molar refractivity (Wildman–Crippen MR) is 107 cm³/mol. The van der Waals surface area contributed by atoms with Gasteiger partial charge in [0.25, 0.3) is 10.1 Å². The van der Waals surface area contributed by atoms with Gasteiger partial charge in [-0.1, -0.05) is 48.0 Å². The van der Waals surface area contributed by atoms with Crippen LogP contribution in [0.5, 0.6) is 0 Å². The molecule has 0 aromatic heterocycles. The zero-order valence-corrected chi connectivity index (χ0v) is 17.6. The second kappa shape index (κ2) is 11.1. The largest absolute Gasteiger partial charge is 0.469 e. The molecule has 158 valence electrons. The van der Waals surface area contributed by atoms with Crippen LogP contribution in [0, 0.1) is 6.92 Å². The van der Waals surface area contributed by atoms with Gasteiger partial charge in [-0.2, -0.15) is 8.42 Å². The van der Waals surface area contributed by atoms with Gasteiger partial charge < -0.3 is 14.2 Å². The molecule has 2 unspecified atom stereocenters. The summed E-state index contributed by atoms with van der Waals surface area (Å²) in [7, 11) is -2.78. The number of esters is 1. The van der Waals surface area contributed by atoms with Gasteiger partial charge >= 0.3 is 5.97 Å². The van der Waals surface area contributed by atoms with Crippen molar-refractivity contribution in [2.45, 2.75) is 44.2 Å². The van der Waals surface area contributed by atoms with Gasteiger partial charge in [0.1, 0.15) is 6.10 Å². The number of hydrogen-bond donors (Lipinski definition) is 0. The van der Waals surface area contributed by atoms with Gasteiger partial charge in [-0.15, -0.1) is 0 Å². The van der Waals surface area contributed by atoms with Crippen LogP contribution in [-0.4, -0.2) is 40.5 Å². The Bertz CT molecular complexity index is 864. The molecule has 2 aromatic rings. The molecule has 2 atom stereocenters. The van der Waals surface area contributed by atoms with Crippen LogP contribution in [-0.2, 0) is 39.9 Å². The Kier molecular flexibility index (Phi) is 8.78. The molecule has 0 saturated carbocycles. The first kappa shape index (κ1) is 23.0. The molecule has 0 saturated heterocycles. The third kappa shape index (κ3) is 7.58. The third-order valence-electron chi connectivity index (χ3n) is 4.09. The maximum atomic E-state index is 12.7. The zero-order chi connectivity index (χ0) is 21.3. The van der Waals surface area contributed by atoms with E-state index >= 15 is 0 Å². The summed E-state index contributed by atoms with van der Waals surface area (Å²) >= 11 is 0. The molecule has 0 radical (unpaired) electrons. The van der Waals surface area contributed by atoms with Crippen molar-refractivity contribution >= 4 is 16.1 Å². The van der Waals surface area contributed by atoms with Crippen molar-refractivity contribution in [3.8, 4) is 0 Å². The normalized spacial score (nSPS) is 13.6. The van der Waals surface area contributed by atoms with Crippen molar-refractivity contribution < 1.29 is 31.6 Å². The first-order valence-electron chi connectivity index (χ1n) is 9.15. The second-order valence-corrected chi connectivity index (χ2v) is 8.00. The Labute approximate surface area is 171 Å². The van der Waals surface area contributed by atoms with E-state index in [1.807, 2.05) is 37.3 Å². The Morgan fingerprint density at radius 3 is 2.28 bits per heavy atom. The van der Waals surface area contributed by atoms with Crippen molar-refractivity contribution in [3.63, 3.8) is 0 Å². The first-order valence-corrected chi connectivity index (χ1v) is 10.6. The molecule has 0 aliphatic heterocycles. The quantitative estimate of drug-likeness (QED) is 0.312. The minimum Gasteiger partial charge on any atom is -0.469 e. The lowest BCUT2D eigenvalue weighted by atomic mass is 10.2. The lowest BCUT2D eigenvalue weighted by Crippen LogP contribution is -2.34. The van der Waals surface area contributed by atoms with Crippen molar-refractivity contribution in [1.82, 2.24) is 0 Å². The Morgan fingerprint density at radius 2 is 1.66 bits per heavy atom. The van der Waals surface area contributed by atoms with E-state index in [1.54, 1.807) is 19.1 Å². The number of methoxy groups -OCH3 is 1. The molecule has 7 nitrogen and oxygen atoms in total. The van der Waals surface area contributed by atoms with Gasteiger partial charge in [-0.3, -0.25) is 4.79 Å². The number of rotatable bonds is 11. The Hall–Kier alpha value is -2.26. The standard InChI is InChI=1S/C21H26O7S/c1-16-9-11-19(12-10-16)29(23,24)28-21(17(2)26-14-13-20(22)25-3)27-15-18-7-5-4-6-8-18/h4-12,17,21H,13-15H2,1-3H3. The van der Waals surface area contributed by atoms with Crippen LogP contribution < -0.4 is 0 Å². The van der Waals surface area contributed by atoms with Crippen molar-refractivity contribution in [1.29, 1.82) is 0 Å². The topological polar surface area (TPSA) is 88.1 Å². The highest BCUT2D eigenvalue weighted by Gasteiger charge is 2.28. The number of hydrogen-bond acceptors (Lipinski definition) is 7. The van der Waals surface area contributed by atoms with E-state index in [0.29, 0.717) is 0 Å². The van der Waals surface area contributed by atoms with Gasteiger partial charge in [0.05, 0.1) is 31.6 Å². The fourth-order valence-corrected chi connectivity index (χ4v) is 3.43. The van der Waals surface area contributed by atoms with Crippen LogP contribution in [0.25, 0.3) is 0 Å². The van der Waals surface area contributed by atoms with Crippen molar-refractivity contribution in [2.75, 3.05) is 13.7 Å². The minimum absolute atomic E-state index is 0.0261. The van der Waals surface area contributed by atoms with Crippen LogP contribution in [0.3, 0.4) is 0 Å². The monoisotopic (exact) mass is 422 g/mol. The van der Waals surface area contributed by atoms with Gasteiger partial charge in [-0.05, 0) is 31.5 Å². The Balaban J connectivity index is 2.09. The van der Waals surface area contributed by atoms with Gasteiger partial charge in [0.15, 0.2) is 0 Å². The number of carbonyl (C=O) groups excluding carboxylic acids is 1. The molecule has 0 spiro atoms. The van der Waals surface area contributed by atoms with Crippen LogP contribution >= 0.6 is 0 Å². The molecule has 0 bridgehead atoms. The van der Waals surface area contributed by atoms with Crippen molar-refractivity contribution in [2.24, 2.45) is 0 Å². The van der Waals surface area contributed by atoms with Crippen LogP contribution in [0.4, 0.5) is 0 Å². The predicted octanol–water partition coefficient (Wildman–Crippen LogP) is 3.21. The van der Waals surface area contributed by atoms with E-state index in [2.05, 4.69) is 4.74 Å². The lowest BCUT2D eigenvalue weighted by Gasteiger charge is -2.24. The number of aryl methyl sites for hydroxylation is 1. The fourth-order valence-electron chi connectivity index (χ4n) is 2.39. The molecule has 0 N–H and O–H groups in total. The molecule has 8 heteroatoms. The summed E-state index contributed by atoms with van der Waals surface area (Å²) in [4.78, 5) is 11.3. The van der Waals surface area contributed by atoms with E-state index in [9.17, 15) is 13.2 Å². The van der Waals surface area contributed by atoms with E-state index in [4.69, 9.17) is 13.7 Å². The fraction of sp³-hybridized carbons (Fsp3) is 0.381. The summed E-state index contributed by atoms with van der Waals surface area (Å²) in [6, 6.07) is 15.6. The van der Waals surface area contributed by atoms with E-state index < -0.39 is 28.5 Å². The molecule has 2 aromatic carbocycles. The summed E-state index contributed by atoms with van der Waals surface area (Å²) in [5.41, 5.74) is 1.79. The highest BCUT2D eigenvalue weighted by atomic mass is 32.2. The average molecular weight is 422 g/mol. The molecule has 0 amide bonds. The number of benzene rings is 2. The smallest absolute Gasteiger partial charge is 0.307 e. The molecule has 0 fully saturated rings. The van der Waals surface area contributed by atoms with E-state index in [0.717, 1.165) is 11.1 Å². The number of carbonyl (C=O) groups is 1. The third-order valence-corrected chi connectivity index (χ3v) is 5.38. The maximum Gasteiger partial charge on any atom is 0.307 e. The molecule has 29 heavy (non-hydrogen) atoms. The van der Waals surface area contributed by atoms with Gasteiger partial charge in [-0.25, -0.2) is 4.18 Å². The SMILES string of the molecule is COC(=O)CCOC(C)C(OCc1ccccc1)OS(=O)(=O)c1ccc(C)cc1. The number of ether oxygens (including phenoxy) is 3.